The third-order valence-corrected chi connectivity index (χ3v) is 4.47. The van der Waals surface area contributed by atoms with Crippen LogP contribution in [0.3, 0.4) is 0 Å². The van der Waals surface area contributed by atoms with Crippen LogP contribution in [0, 0.1) is 0 Å². The minimum Gasteiger partial charge on any atom is -0.381 e. The van der Waals surface area contributed by atoms with Gasteiger partial charge in [0.1, 0.15) is 0 Å². The molecular formula is C23H31N. The zero-order valence-corrected chi connectivity index (χ0v) is 15.3. The first-order valence-electron chi connectivity index (χ1n) is 9.26. The van der Waals surface area contributed by atoms with Crippen molar-refractivity contribution in [3.8, 4) is 0 Å². The van der Waals surface area contributed by atoms with Crippen LogP contribution in [0.1, 0.15) is 62.6 Å². The number of hydrogen-bond donors (Lipinski definition) is 1. The minimum atomic E-state index is 0.864. The van der Waals surface area contributed by atoms with E-state index in [9.17, 15) is 0 Å². The molecule has 0 aliphatic carbocycles. The van der Waals surface area contributed by atoms with Crippen molar-refractivity contribution in [2.24, 2.45) is 0 Å². The lowest BCUT2D eigenvalue weighted by Gasteiger charge is -2.09. The Morgan fingerprint density at radius 1 is 0.833 bits per heavy atom. The van der Waals surface area contributed by atoms with Crippen molar-refractivity contribution in [1.82, 2.24) is 0 Å². The number of unbranched alkanes of at least 4 members (excludes halogenated alkanes) is 4. The van der Waals surface area contributed by atoms with Crippen LogP contribution in [-0.4, -0.2) is 0 Å². The zero-order chi connectivity index (χ0) is 17.2. The van der Waals surface area contributed by atoms with Crippen LogP contribution < -0.4 is 5.32 Å². The second-order valence-corrected chi connectivity index (χ2v) is 6.69. The molecule has 24 heavy (non-hydrogen) atoms. The predicted molar refractivity (Wildman–Crippen MR) is 107 cm³/mol. The summed E-state index contributed by atoms with van der Waals surface area (Å²) in [5.41, 5.74) is 6.24. The van der Waals surface area contributed by atoms with Gasteiger partial charge in [0.2, 0.25) is 0 Å². The third-order valence-electron chi connectivity index (χ3n) is 4.47. The van der Waals surface area contributed by atoms with E-state index in [0.717, 1.165) is 17.8 Å². The Bertz CT molecular complexity index is 607. The Hall–Kier alpha value is -2.02. The lowest BCUT2D eigenvalue weighted by atomic mass is 10.0. The maximum atomic E-state index is 3.97. The van der Waals surface area contributed by atoms with Crippen molar-refractivity contribution >= 4 is 11.3 Å². The zero-order valence-electron chi connectivity index (χ0n) is 15.3. The molecule has 0 unspecified atom stereocenters. The van der Waals surface area contributed by atoms with E-state index in [4.69, 9.17) is 0 Å². The van der Waals surface area contributed by atoms with E-state index in [-0.39, 0.29) is 0 Å². The van der Waals surface area contributed by atoms with Crippen molar-refractivity contribution in [2.75, 3.05) is 5.32 Å². The lowest BCUT2D eigenvalue weighted by Crippen LogP contribution is -1.99. The molecule has 128 valence electrons. The van der Waals surface area contributed by atoms with Crippen molar-refractivity contribution in [1.29, 1.82) is 0 Å². The molecule has 2 aromatic rings. The summed E-state index contributed by atoms with van der Waals surface area (Å²) in [6, 6.07) is 17.5. The molecule has 0 aliphatic rings. The van der Waals surface area contributed by atoms with Crippen molar-refractivity contribution in [3.63, 3.8) is 0 Å². The predicted octanol–water partition coefficient (Wildman–Crippen LogP) is 6.84. The van der Waals surface area contributed by atoms with Gasteiger partial charge in [-0.3, -0.25) is 0 Å². The molecule has 0 atom stereocenters. The fourth-order valence-electron chi connectivity index (χ4n) is 2.83. The highest BCUT2D eigenvalue weighted by Gasteiger charge is 1.98. The van der Waals surface area contributed by atoms with Gasteiger partial charge in [-0.2, -0.15) is 0 Å². The molecule has 0 aliphatic heterocycles. The number of rotatable bonds is 10. The maximum Gasteiger partial charge on any atom is 0.0400 e. The second-order valence-electron chi connectivity index (χ2n) is 6.69. The molecule has 0 amide bonds. The highest BCUT2D eigenvalue weighted by atomic mass is 14.9. The van der Waals surface area contributed by atoms with E-state index < -0.39 is 0 Å². The van der Waals surface area contributed by atoms with Gasteiger partial charge in [0.05, 0.1) is 0 Å². The number of nitrogens with one attached hydrogen (secondary N) is 1. The Labute approximate surface area is 147 Å². The standard InChI is InChI=1S/C23H31N/c1-4-5-6-7-8-9-20-10-12-21(13-11-20)18-24-23-16-14-22(15-17-23)19(2)3/h10-17,24H,2,4-9,18H2,1,3H3. The van der Waals surface area contributed by atoms with Gasteiger partial charge in [0.25, 0.3) is 0 Å². The summed E-state index contributed by atoms with van der Waals surface area (Å²) in [6.45, 7) is 9.14. The fraction of sp³-hybridized carbons (Fsp3) is 0.391. The quantitative estimate of drug-likeness (QED) is 0.472. The summed E-state index contributed by atoms with van der Waals surface area (Å²) in [5.74, 6) is 0. The van der Waals surface area contributed by atoms with Crippen molar-refractivity contribution < 1.29 is 0 Å². The molecule has 1 heteroatoms. The Morgan fingerprint density at radius 2 is 1.46 bits per heavy atom. The van der Waals surface area contributed by atoms with Gasteiger partial charge in [-0.25, -0.2) is 0 Å². The highest BCUT2D eigenvalue weighted by Crippen LogP contribution is 2.16. The average molecular weight is 322 g/mol. The smallest absolute Gasteiger partial charge is 0.0400 e. The van der Waals surface area contributed by atoms with Crippen LogP contribution in [0.25, 0.3) is 5.57 Å². The van der Waals surface area contributed by atoms with Crippen LogP contribution in [0.4, 0.5) is 5.69 Å². The summed E-state index contributed by atoms with van der Waals surface area (Å²) < 4.78 is 0. The van der Waals surface area contributed by atoms with E-state index in [1.807, 2.05) is 6.92 Å². The molecule has 0 bridgehead atoms. The van der Waals surface area contributed by atoms with Crippen molar-refractivity contribution in [2.45, 2.75) is 58.9 Å². The van der Waals surface area contributed by atoms with Crippen LogP contribution in [-0.2, 0) is 13.0 Å². The Balaban J connectivity index is 1.76. The topological polar surface area (TPSA) is 12.0 Å². The van der Waals surface area contributed by atoms with Gasteiger partial charge in [-0.15, -0.1) is 0 Å². The molecule has 0 spiro atoms. The summed E-state index contributed by atoms with van der Waals surface area (Å²) in [4.78, 5) is 0. The van der Waals surface area contributed by atoms with E-state index >= 15 is 0 Å². The molecular weight excluding hydrogens is 290 g/mol. The lowest BCUT2D eigenvalue weighted by molar-refractivity contribution is 0.632. The van der Waals surface area contributed by atoms with Crippen LogP contribution in [0.2, 0.25) is 0 Å². The molecule has 0 heterocycles. The molecule has 2 aromatic carbocycles. The van der Waals surface area contributed by atoms with Crippen LogP contribution in [0.5, 0.6) is 0 Å². The van der Waals surface area contributed by atoms with Gasteiger partial charge in [-0.1, -0.05) is 81.2 Å². The number of anilines is 1. The summed E-state index contributed by atoms with van der Waals surface area (Å²) >= 11 is 0. The van der Waals surface area contributed by atoms with Gasteiger partial charge >= 0.3 is 0 Å². The highest BCUT2D eigenvalue weighted by molar-refractivity contribution is 5.63. The Morgan fingerprint density at radius 3 is 2.08 bits per heavy atom. The van der Waals surface area contributed by atoms with Gasteiger partial charge in [-0.05, 0) is 48.6 Å². The first kappa shape index (κ1) is 18.3. The largest absolute Gasteiger partial charge is 0.381 e. The molecule has 1 N–H and O–H groups in total. The molecule has 0 saturated carbocycles. The Kier molecular flexibility index (Phi) is 7.61. The maximum absolute atomic E-state index is 3.97. The van der Waals surface area contributed by atoms with Crippen molar-refractivity contribution in [3.05, 3.63) is 71.8 Å². The SMILES string of the molecule is C=C(C)c1ccc(NCc2ccc(CCCCCCC)cc2)cc1. The normalized spacial score (nSPS) is 10.6. The van der Waals surface area contributed by atoms with Crippen LogP contribution >= 0.6 is 0 Å². The summed E-state index contributed by atoms with van der Waals surface area (Å²) in [6.07, 6.45) is 7.95. The van der Waals surface area contributed by atoms with E-state index in [0.29, 0.717) is 0 Å². The molecule has 0 aromatic heterocycles. The van der Waals surface area contributed by atoms with Gasteiger partial charge in [0, 0.05) is 12.2 Å². The first-order valence-corrected chi connectivity index (χ1v) is 9.26. The second kappa shape index (κ2) is 9.97. The summed E-state index contributed by atoms with van der Waals surface area (Å²) in [5, 5.41) is 3.48. The molecule has 0 radical (unpaired) electrons. The minimum absolute atomic E-state index is 0.864. The number of aryl methyl sites for hydroxylation is 1. The molecule has 2 rings (SSSR count). The van der Waals surface area contributed by atoms with Gasteiger partial charge < -0.3 is 5.32 Å². The van der Waals surface area contributed by atoms with Crippen LogP contribution in [0.15, 0.2) is 55.1 Å². The average Bonchev–Trinajstić information content (AvgIpc) is 2.61. The van der Waals surface area contributed by atoms with E-state index in [1.54, 1.807) is 0 Å². The third kappa shape index (κ3) is 6.23. The number of benzene rings is 2. The number of hydrogen-bond acceptors (Lipinski definition) is 1. The van der Waals surface area contributed by atoms with E-state index in [1.165, 1.54) is 55.2 Å². The molecule has 1 nitrogen and oxygen atoms in total. The first-order chi connectivity index (χ1) is 11.7. The molecule has 0 saturated heterocycles. The summed E-state index contributed by atoms with van der Waals surface area (Å²) in [7, 11) is 0. The molecule has 0 fully saturated rings. The number of allylic oxidation sites excluding steroid dienone is 1. The monoisotopic (exact) mass is 321 g/mol. The van der Waals surface area contributed by atoms with E-state index in [2.05, 4.69) is 67.4 Å². The fourth-order valence-corrected chi connectivity index (χ4v) is 2.83. The van der Waals surface area contributed by atoms with Gasteiger partial charge in [0.15, 0.2) is 0 Å².